The SMILES string of the molecule is C=C=Cc1ccc(CCN2CC2)cc1. The molecule has 0 saturated carbocycles. The van der Waals surface area contributed by atoms with Gasteiger partial charge in [0.2, 0.25) is 0 Å². The molecule has 2 rings (SSSR count). The standard InChI is InChI=1S/C13H15N/c1-2-3-12-4-6-13(7-5-12)8-9-14-10-11-14/h3-7H,1,8-11H2. The molecular weight excluding hydrogens is 170 g/mol. The summed E-state index contributed by atoms with van der Waals surface area (Å²) in [6.07, 6.45) is 3.06. The van der Waals surface area contributed by atoms with E-state index in [1.165, 1.54) is 30.8 Å². The van der Waals surface area contributed by atoms with Crippen molar-refractivity contribution in [3.8, 4) is 0 Å². The van der Waals surface area contributed by atoms with E-state index in [1.54, 1.807) is 0 Å². The molecule has 1 aromatic carbocycles. The lowest BCUT2D eigenvalue weighted by Gasteiger charge is -2.01. The van der Waals surface area contributed by atoms with Gasteiger partial charge in [-0.3, -0.25) is 0 Å². The van der Waals surface area contributed by atoms with Gasteiger partial charge >= 0.3 is 0 Å². The Kier molecular flexibility index (Phi) is 2.83. The molecule has 0 unspecified atom stereocenters. The normalized spacial score (nSPS) is 14.9. The molecule has 1 aromatic rings. The van der Waals surface area contributed by atoms with Crippen LogP contribution < -0.4 is 0 Å². The van der Waals surface area contributed by atoms with Crippen molar-refractivity contribution in [2.75, 3.05) is 19.6 Å². The zero-order chi connectivity index (χ0) is 9.80. The van der Waals surface area contributed by atoms with E-state index >= 15 is 0 Å². The summed E-state index contributed by atoms with van der Waals surface area (Å²) in [5, 5.41) is 0. The molecule has 1 heteroatoms. The number of benzene rings is 1. The maximum Gasteiger partial charge on any atom is 0.0110 e. The lowest BCUT2D eigenvalue weighted by atomic mass is 10.1. The molecule has 14 heavy (non-hydrogen) atoms. The van der Waals surface area contributed by atoms with E-state index in [0.717, 1.165) is 6.42 Å². The first-order valence-electron chi connectivity index (χ1n) is 5.05. The van der Waals surface area contributed by atoms with Gasteiger partial charge in [-0.2, -0.15) is 0 Å². The summed E-state index contributed by atoms with van der Waals surface area (Å²) in [7, 11) is 0. The van der Waals surface area contributed by atoms with Gasteiger partial charge in [-0.25, -0.2) is 0 Å². The molecule has 1 fully saturated rings. The quantitative estimate of drug-likeness (QED) is 0.514. The third kappa shape index (κ3) is 2.59. The van der Waals surface area contributed by atoms with Gasteiger partial charge in [0, 0.05) is 19.6 Å². The lowest BCUT2D eigenvalue weighted by molar-refractivity contribution is 0.561. The maximum absolute atomic E-state index is 3.56. The Hall–Kier alpha value is -1.30. The number of hydrogen-bond acceptors (Lipinski definition) is 1. The topological polar surface area (TPSA) is 3.01 Å². The van der Waals surface area contributed by atoms with Crippen LogP contribution in [0.5, 0.6) is 0 Å². The Bertz CT molecular complexity index is 340. The molecule has 1 nitrogen and oxygen atoms in total. The zero-order valence-corrected chi connectivity index (χ0v) is 8.37. The number of rotatable bonds is 4. The van der Waals surface area contributed by atoms with Crippen LogP contribution in [-0.2, 0) is 6.42 Å². The monoisotopic (exact) mass is 185 g/mol. The van der Waals surface area contributed by atoms with Gasteiger partial charge in [0.1, 0.15) is 0 Å². The van der Waals surface area contributed by atoms with Crippen molar-refractivity contribution in [3.05, 3.63) is 47.7 Å². The molecule has 72 valence electrons. The summed E-state index contributed by atoms with van der Waals surface area (Å²) < 4.78 is 0. The highest BCUT2D eigenvalue weighted by atomic mass is 15.2. The van der Waals surface area contributed by atoms with Gasteiger partial charge in [-0.1, -0.05) is 30.8 Å². The summed E-state index contributed by atoms with van der Waals surface area (Å²) in [4.78, 5) is 2.44. The van der Waals surface area contributed by atoms with Crippen molar-refractivity contribution in [1.82, 2.24) is 4.90 Å². The van der Waals surface area contributed by atoms with Crippen LogP contribution in [0.2, 0.25) is 0 Å². The summed E-state index contributed by atoms with van der Waals surface area (Å²) in [5.41, 5.74) is 5.37. The first-order chi connectivity index (χ1) is 6.88. The van der Waals surface area contributed by atoms with Crippen molar-refractivity contribution >= 4 is 6.08 Å². The molecule has 1 aliphatic heterocycles. The molecule has 0 spiro atoms. The highest BCUT2D eigenvalue weighted by molar-refractivity contribution is 5.48. The molecule has 0 N–H and O–H groups in total. The smallest absolute Gasteiger partial charge is 0.0110 e. The van der Waals surface area contributed by atoms with E-state index in [4.69, 9.17) is 0 Å². The Morgan fingerprint density at radius 3 is 2.57 bits per heavy atom. The molecule has 0 amide bonds. The van der Waals surface area contributed by atoms with Crippen molar-refractivity contribution in [2.45, 2.75) is 6.42 Å². The fraction of sp³-hybridized carbons (Fsp3) is 0.308. The van der Waals surface area contributed by atoms with Gasteiger partial charge in [0.25, 0.3) is 0 Å². The fourth-order valence-corrected chi connectivity index (χ4v) is 1.48. The predicted molar refractivity (Wildman–Crippen MR) is 60.2 cm³/mol. The molecular formula is C13H15N. The zero-order valence-electron chi connectivity index (χ0n) is 8.37. The third-order valence-corrected chi connectivity index (χ3v) is 2.50. The van der Waals surface area contributed by atoms with Crippen LogP contribution in [0.3, 0.4) is 0 Å². The van der Waals surface area contributed by atoms with E-state index in [-0.39, 0.29) is 0 Å². The molecule has 1 aliphatic rings. The molecule has 1 heterocycles. The molecule has 0 aromatic heterocycles. The Morgan fingerprint density at radius 1 is 1.29 bits per heavy atom. The van der Waals surface area contributed by atoms with Crippen LogP contribution in [0, 0.1) is 0 Å². The van der Waals surface area contributed by atoms with Gasteiger partial charge in [0.15, 0.2) is 0 Å². The molecule has 0 aliphatic carbocycles. The minimum Gasteiger partial charge on any atom is -0.300 e. The van der Waals surface area contributed by atoms with Gasteiger partial charge in [0.05, 0.1) is 0 Å². The van der Waals surface area contributed by atoms with E-state index < -0.39 is 0 Å². The van der Waals surface area contributed by atoms with E-state index in [1.807, 2.05) is 6.08 Å². The second-order valence-corrected chi connectivity index (χ2v) is 3.68. The van der Waals surface area contributed by atoms with E-state index in [9.17, 15) is 0 Å². The minimum absolute atomic E-state index is 1.16. The third-order valence-electron chi connectivity index (χ3n) is 2.50. The first-order valence-corrected chi connectivity index (χ1v) is 5.05. The van der Waals surface area contributed by atoms with Crippen molar-refractivity contribution in [1.29, 1.82) is 0 Å². The summed E-state index contributed by atoms with van der Waals surface area (Å²) >= 11 is 0. The maximum atomic E-state index is 3.56. The van der Waals surface area contributed by atoms with Crippen LogP contribution >= 0.6 is 0 Å². The molecule has 1 saturated heterocycles. The van der Waals surface area contributed by atoms with Gasteiger partial charge in [-0.15, -0.1) is 5.73 Å². The molecule has 0 bridgehead atoms. The number of nitrogens with zero attached hydrogens (tertiary/aromatic N) is 1. The Balaban J connectivity index is 1.94. The average Bonchev–Trinajstić information content (AvgIpc) is 3.01. The van der Waals surface area contributed by atoms with Crippen LogP contribution in [0.4, 0.5) is 0 Å². The predicted octanol–water partition coefficient (Wildman–Crippen LogP) is 2.34. The first kappa shape index (κ1) is 9.26. The van der Waals surface area contributed by atoms with Crippen LogP contribution in [0.25, 0.3) is 6.08 Å². The van der Waals surface area contributed by atoms with Gasteiger partial charge < -0.3 is 4.90 Å². The highest BCUT2D eigenvalue weighted by Gasteiger charge is 2.15. The largest absolute Gasteiger partial charge is 0.300 e. The van der Waals surface area contributed by atoms with Crippen LogP contribution in [0.1, 0.15) is 11.1 Å². The summed E-state index contributed by atoms with van der Waals surface area (Å²) in [6.45, 7) is 7.34. The minimum atomic E-state index is 1.16. The highest BCUT2D eigenvalue weighted by Crippen LogP contribution is 2.09. The van der Waals surface area contributed by atoms with Crippen molar-refractivity contribution < 1.29 is 0 Å². The summed E-state index contributed by atoms with van der Waals surface area (Å²) in [6, 6.07) is 8.62. The molecule has 0 radical (unpaired) electrons. The number of hydrogen-bond donors (Lipinski definition) is 0. The average molecular weight is 185 g/mol. The fourth-order valence-electron chi connectivity index (χ4n) is 1.48. The van der Waals surface area contributed by atoms with E-state index in [0.29, 0.717) is 0 Å². The van der Waals surface area contributed by atoms with Crippen LogP contribution in [-0.4, -0.2) is 24.5 Å². The Morgan fingerprint density at radius 2 is 2.00 bits per heavy atom. The van der Waals surface area contributed by atoms with E-state index in [2.05, 4.69) is 41.5 Å². The lowest BCUT2D eigenvalue weighted by Crippen LogP contribution is -2.02. The second kappa shape index (κ2) is 4.28. The van der Waals surface area contributed by atoms with Crippen molar-refractivity contribution in [2.24, 2.45) is 0 Å². The van der Waals surface area contributed by atoms with Crippen molar-refractivity contribution in [3.63, 3.8) is 0 Å². The molecule has 0 atom stereocenters. The second-order valence-electron chi connectivity index (χ2n) is 3.68. The van der Waals surface area contributed by atoms with Gasteiger partial charge in [-0.05, 0) is 23.6 Å². The van der Waals surface area contributed by atoms with Crippen LogP contribution in [0.15, 0.2) is 36.6 Å². The summed E-state index contributed by atoms with van der Waals surface area (Å²) in [5.74, 6) is 0. The Labute approximate surface area is 85.4 Å².